The van der Waals surface area contributed by atoms with Crippen LogP contribution in [0.4, 0.5) is 15.8 Å². The lowest BCUT2D eigenvalue weighted by Crippen LogP contribution is -2.25. The third-order valence-corrected chi connectivity index (χ3v) is 3.29. The maximum atomic E-state index is 13.3. The van der Waals surface area contributed by atoms with Gasteiger partial charge in [-0.25, -0.2) is 4.39 Å². The number of para-hydroxylation sites is 1. The van der Waals surface area contributed by atoms with Crippen LogP contribution in [0.2, 0.25) is 0 Å². The van der Waals surface area contributed by atoms with Crippen molar-refractivity contribution in [1.29, 1.82) is 0 Å². The zero-order chi connectivity index (χ0) is 19.1. The van der Waals surface area contributed by atoms with Gasteiger partial charge in [-0.2, -0.15) is 0 Å². The summed E-state index contributed by atoms with van der Waals surface area (Å²) < 4.78 is 18.6. The van der Waals surface area contributed by atoms with Gasteiger partial charge >= 0.3 is 0 Å². The highest BCUT2D eigenvalue weighted by molar-refractivity contribution is 5.95. The molecule has 0 heterocycles. The Labute approximate surface area is 154 Å². The van der Waals surface area contributed by atoms with Gasteiger partial charge in [0.15, 0.2) is 11.6 Å². The van der Waals surface area contributed by atoms with E-state index in [0.29, 0.717) is 6.42 Å². The molecule has 0 aromatic heterocycles. The molecule has 1 amide bonds. The molecule has 0 saturated carbocycles. The third-order valence-electron chi connectivity index (χ3n) is 3.29. The average molecular weight is 379 g/mol. The number of rotatable bonds is 8. The van der Waals surface area contributed by atoms with Gasteiger partial charge in [0.05, 0.1) is 28.1 Å². The van der Waals surface area contributed by atoms with Crippen molar-refractivity contribution in [3.05, 3.63) is 74.1 Å². The van der Waals surface area contributed by atoms with E-state index in [2.05, 4.69) is 5.32 Å². The number of carbonyl (C=O) groups is 1. The van der Waals surface area contributed by atoms with Crippen LogP contribution in [0.15, 0.2) is 42.5 Å². The molecule has 0 saturated heterocycles. The molecule has 27 heavy (non-hydrogen) atoms. The van der Waals surface area contributed by atoms with E-state index in [1.54, 1.807) is 6.07 Å². The van der Waals surface area contributed by atoms with Crippen LogP contribution in [0.1, 0.15) is 24.2 Å². The minimum atomic E-state index is -0.813. The molecule has 0 aliphatic rings. The first-order chi connectivity index (χ1) is 12.4. The number of nitrogens with zero attached hydrogens (tertiary/aromatic N) is 2. The molecule has 0 aliphatic heterocycles. The summed E-state index contributed by atoms with van der Waals surface area (Å²) in [7, 11) is 0. The van der Waals surface area contributed by atoms with Crippen molar-refractivity contribution >= 4 is 17.3 Å². The van der Waals surface area contributed by atoms with Crippen molar-refractivity contribution in [3.8, 4) is 5.75 Å². The summed E-state index contributed by atoms with van der Waals surface area (Å²) in [5.41, 5.74) is -1.29. The minimum Gasteiger partial charge on any atom is -0.490 e. The molecular formula is C17H18FN3O6. The molecule has 9 nitrogen and oxygen atoms in total. The number of halogens is 1. The first-order valence-electron chi connectivity index (χ1n) is 7.48. The summed E-state index contributed by atoms with van der Waals surface area (Å²) in [6.07, 6.45) is 0.344. The second-order valence-electron chi connectivity index (χ2n) is 5.14. The summed E-state index contributed by atoms with van der Waals surface area (Å²) in [5, 5.41) is 24.1. The fourth-order valence-corrected chi connectivity index (χ4v) is 2.06. The molecule has 0 aliphatic carbocycles. The first-order valence-corrected chi connectivity index (χ1v) is 7.48. The molecule has 0 radical (unpaired) electrons. The van der Waals surface area contributed by atoms with Crippen LogP contribution in [-0.4, -0.2) is 28.9 Å². The Hall–Kier alpha value is -3.56. The molecule has 144 valence electrons. The predicted octanol–water partition coefficient (Wildman–Crippen LogP) is 3.48. The number of benzene rings is 2. The summed E-state index contributed by atoms with van der Waals surface area (Å²) in [6, 6.07) is 8.56. The Kier molecular flexibility index (Phi) is 7.80. The fourth-order valence-electron chi connectivity index (χ4n) is 2.06. The van der Waals surface area contributed by atoms with Gasteiger partial charge in [0.1, 0.15) is 0 Å². The smallest absolute Gasteiger partial charge is 0.277 e. The molecule has 0 spiro atoms. The van der Waals surface area contributed by atoms with Crippen molar-refractivity contribution in [2.45, 2.75) is 13.8 Å². The topological polar surface area (TPSA) is 125 Å². The van der Waals surface area contributed by atoms with Crippen LogP contribution in [0.3, 0.4) is 0 Å². The zero-order valence-electron chi connectivity index (χ0n) is 13.4. The number of hydrogen-bond acceptors (Lipinski definition) is 6. The normalized spacial score (nSPS) is 9.81. The van der Waals surface area contributed by atoms with E-state index in [4.69, 9.17) is 4.74 Å². The number of nitro benzene ring substituents is 2. The van der Waals surface area contributed by atoms with E-state index < -0.39 is 32.9 Å². The number of nitro groups is 2. The Balaban J connectivity index is 0.00000364. The quantitative estimate of drug-likeness (QED) is 0.425. The van der Waals surface area contributed by atoms with E-state index in [1.165, 1.54) is 18.2 Å². The Morgan fingerprint density at radius 2 is 1.67 bits per heavy atom. The lowest BCUT2D eigenvalue weighted by atomic mass is 10.1. The average Bonchev–Trinajstić information content (AvgIpc) is 2.62. The van der Waals surface area contributed by atoms with Crippen molar-refractivity contribution in [3.63, 3.8) is 0 Å². The molecular weight excluding hydrogens is 361 g/mol. The number of nitrogens with one attached hydrogen (secondary N) is 1. The standard InChI is InChI=1S/C16H14FN3O6.CH4/c17-14-4-1-2-5-15(14)26-7-3-6-18-16(21)11-8-12(19(22)23)10-13(9-11)20(24)25;/h1-2,4-5,8-10H,3,6-7H2,(H,18,21);1H4. The van der Waals surface area contributed by atoms with Gasteiger partial charge in [-0.15, -0.1) is 0 Å². The monoisotopic (exact) mass is 379 g/mol. The van der Waals surface area contributed by atoms with Gasteiger partial charge in [0.25, 0.3) is 17.3 Å². The molecule has 1 N–H and O–H groups in total. The van der Waals surface area contributed by atoms with Gasteiger partial charge in [0, 0.05) is 18.7 Å². The van der Waals surface area contributed by atoms with Gasteiger partial charge in [-0.05, 0) is 18.6 Å². The molecule has 2 aromatic carbocycles. The lowest BCUT2D eigenvalue weighted by Gasteiger charge is -2.08. The number of non-ortho nitro benzene ring substituents is 2. The molecule has 0 bridgehead atoms. The Bertz CT molecular complexity index is 811. The van der Waals surface area contributed by atoms with Crippen LogP contribution in [0, 0.1) is 26.0 Å². The highest BCUT2D eigenvalue weighted by Gasteiger charge is 2.19. The molecule has 2 aromatic rings. The molecule has 10 heteroatoms. The van der Waals surface area contributed by atoms with Crippen molar-refractivity contribution in [2.75, 3.05) is 13.2 Å². The van der Waals surface area contributed by atoms with Crippen molar-refractivity contribution in [2.24, 2.45) is 0 Å². The van der Waals surface area contributed by atoms with E-state index in [9.17, 15) is 29.4 Å². The van der Waals surface area contributed by atoms with Crippen LogP contribution >= 0.6 is 0 Å². The zero-order valence-corrected chi connectivity index (χ0v) is 13.4. The van der Waals surface area contributed by atoms with Gasteiger partial charge in [-0.1, -0.05) is 19.6 Å². The van der Waals surface area contributed by atoms with E-state index in [1.807, 2.05) is 0 Å². The summed E-state index contributed by atoms with van der Waals surface area (Å²) in [4.78, 5) is 32.0. The minimum absolute atomic E-state index is 0. The summed E-state index contributed by atoms with van der Waals surface area (Å²) >= 11 is 0. The summed E-state index contributed by atoms with van der Waals surface area (Å²) in [6.45, 7) is 0.278. The lowest BCUT2D eigenvalue weighted by molar-refractivity contribution is -0.394. The van der Waals surface area contributed by atoms with E-state index in [-0.39, 0.29) is 31.9 Å². The van der Waals surface area contributed by atoms with Gasteiger partial charge in [0.2, 0.25) is 0 Å². The molecule has 2 rings (SSSR count). The number of hydrogen-bond donors (Lipinski definition) is 1. The van der Waals surface area contributed by atoms with Crippen LogP contribution in [0.5, 0.6) is 5.75 Å². The van der Waals surface area contributed by atoms with Gasteiger partial charge in [-0.3, -0.25) is 25.0 Å². The van der Waals surface area contributed by atoms with Crippen LogP contribution in [0.25, 0.3) is 0 Å². The van der Waals surface area contributed by atoms with E-state index in [0.717, 1.165) is 18.2 Å². The second-order valence-corrected chi connectivity index (χ2v) is 5.14. The third kappa shape index (κ3) is 6.03. The Morgan fingerprint density at radius 3 is 2.22 bits per heavy atom. The SMILES string of the molecule is C.O=C(NCCCOc1ccccc1F)c1cc([N+](=O)[O-])cc([N+](=O)[O-])c1. The summed E-state index contributed by atoms with van der Waals surface area (Å²) in [5.74, 6) is -1.10. The largest absolute Gasteiger partial charge is 0.490 e. The molecule has 0 atom stereocenters. The number of amides is 1. The number of ether oxygens (including phenoxy) is 1. The second kappa shape index (κ2) is 9.80. The highest BCUT2D eigenvalue weighted by atomic mass is 19.1. The first kappa shape index (κ1) is 21.5. The predicted molar refractivity (Wildman–Crippen MR) is 95.3 cm³/mol. The molecule has 0 fully saturated rings. The maximum Gasteiger partial charge on any atom is 0.277 e. The van der Waals surface area contributed by atoms with Crippen molar-refractivity contribution in [1.82, 2.24) is 5.32 Å². The fraction of sp³-hybridized carbons (Fsp3) is 0.235. The highest BCUT2D eigenvalue weighted by Crippen LogP contribution is 2.22. The number of carbonyl (C=O) groups excluding carboxylic acids is 1. The maximum absolute atomic E-state index is 13.3. The van der Waals surface area contributed by atoms with Crippen molar-refractivity contribution < 1.29 is 23.8 Å². The van der Waals surface area contributed by atoms with E-state index >= 15 is 0 Å². The molecule has 0 unspecified atom stereocenters. The Morgan fingerprint density at radius 1 is 1.07 bits per heavy atom. The van der Waals surface area contributed by atoms with Gasteiger partial charge < -0.3 is 10.1 Å². The van der Waals surface area contributed by atoms with Crippen LogP contribution in [-0.2, 0) is 0 Å². The van der Waals surface area contributed by atoms with Crippen LogP contribution < -0.4 is 10.1 Å².